The Balaban J connectivity index is 1.57. The Labute approximate surface area is 155 Å². The minimum atomic E-state index is -0.322. The van der Waals surface area contributed by atoms with Crippen LogP contribution in [0.2, 0.25) is 5.02 Å². The molecule has 0 atom stereocenters. The zero-order valence-electron chi connectivity index (χ0n) is 13.7. The molecule has 3 rings (SSSR count). The first-order valence-electron chi connectivity index (χ1n) is 7.84. The van der Waals surface area contributed by atoms with Gasteiger partial charge in [-0.3, -0.25) is 9.78 Å². The van der Waals surface area contributed by atoms with Crippen LogP contribution in [0.15, 0.2) is 60.9 Å². The number of anilines is 1. The first-order valence-corrected chi connectivity index (χ1v) is 8.22. The molecule has 1 amide bonds. The number of benzene rings is 1. The predicted octanol–water partition coefficient (Wildman–Crippen LogP) is 3.45. The van der Waals surface area contributed by atoms with E-state index in [4.69, 9.17) is 21.4 Å². The van der Waals surface area contributed by atoms with Gasteiger partial charge in [-0.1, -0.05) is 23.7 Å². The molecule has 0 radical (unpaired) electrons. The molecule has 0 saturated heterocycles. The molecule has 0 spiro atoms. The third kappa shape index (κ3) is 4.78. The number of pyridine rings is 2. The van der Waals surface area contributed by atoms with Crippen LogP contribution >= 0.6 is 11.6 Å². The fourth-order valence-electron chi connectivity index (χ4n) is 2.15. The second kappa shape index (κ2) is 8.42. The lowest BCUT2D eigenvalue weighted by molar-refractivity contribution is 0.102. The molecule has 6 nitrogen and oxygen atoms in total. The highest BCUT2D eigenvalue weighted by Crippen LogP contribution is 2.18. The predicted molar refractivity (Wildman–Crippen MR) is 98.1 cm³/mol. The summed E-state index contributed by atoms with van der Waals surface area (Å²) in [6, 6.07) is 13.9. The standard InChI is InChI=1S/C19H16ClN3O3/c20-15-2-1-3-17(8-15)26-12-13-4-7-18(22-9-13)23-19(25)14-5-6-16(11-24)21-10-14/h1-10,24H,11-12H2,(H,22,23,25). The summed E-state index contributed by atoms with van der Waals surface area (Å²) in [5.74, 6) is 0.777. The Morgan fingerprint density at radius 1 is 1.12 bits per heavy atom. The summed E-state index contributed by atoms with van der Waals surface area (Å²) in [7, 11) is 0. The summed E-state index contributed by atoms with van der Waals surface area (Å²) in [6.45, 7) is 0.177. The fraction of sp³-hybridized carbons (Fsp3) is 0.105. The topological polar surface area (TPSA) is 84.3 Å². The highest BCUT2D eigenvalue weighted by molar-refractivity contribution is 6.30. The number of aliphatic hydroxyl groups is 1. The SMILES string of the molecule is O=C(Nc1ccc(COc2cccc(Cl)c2)cn1)c1ccc(CO)nc1. The molecule has 0 aliphatic rings. The number of aromatic nitrogens is 2. The molecule has 132 valence electrons. The summed E-state index contributed by atoms with van der Waals surface area (Å²) in [4.78, 5) is 20.3. The van der Waals surface area contributed by atoms with Crippen molar-refractivity contribution in [3.05, 3.63) is 82.8 Å². The molecule has 1 aromatic carbocycles. The number of nitrogens with zero attached hydrogens (tertiary/aromatic N) is 2. The van der Waals surface area contributed by atoms with Gasteiger partial charge < -0.3 is 15.2 Å². The Morgan fingerprint density at radius 2 is 2.00 bits per heavy atom. The molecule has 0 aliphatic heterocycles. The van der Waals surface area contributed by atoms with Gasteiger partial charge in [-0.05, 0) is 36.4 Å². The van der Waals surface area contributed by atoms with Crippen molar-refractivity contribution >= 4 is 23.3 Å². The van der Waals surface area contributed by atoms with Crippen molar-refractivity contribution in [3.8, 4) is 5.75 Å². The number of ether oxygens (including phenoxy) is 1. The third-order valence-corrected chi connectivity index (χ3v) is 3.75. The van der Waals surface area contributed by atoms with E-state index >= 15 is 0 Å². The van der Waals surface area contributed by atoms with Gasteiger partial charge in [0.1, 0.15) is 18.2 Å². The summed E-state index contributed by atoms with van der Waals surface area (Å²) in [5, 5.41) is 12.3. The first-order chi connectivity index (χ1) is 12.6. The lowest BCUT2D eigenvalue weighted by Crippen LogP contribution is -2.13. The van der Waals surface area contributed by atoms with E-state index in [2.05, 4.69) is 15.3 Å². The van der Waals surface area contributed by atoms with Gasteiger partial charge in [0.15, 0.2) is 0 Å². The van der Waals surface area contributed by atoms with Crippen LogP contribution in [-0.4, -0.2) is 21.0 Å². The molecular weight excluding hydrogens is 354 g/mol. The van der Waals surface area contributed by atoms with Crippen molar-refractivity contribution in [2.45, 2.75) is 13.2 Å². The Kier molecular flexibility index (Phi) is 5.78. The summed E-state index contributed by atoms with van der Waals surface area (Å²) >= 11 is 5.91. The van der Waals surface area contributed by atoms with Crippen LogP contribution in [0.1, 0.15) is 21.6 Å². The van der Waals surface area contributed by atoms with Crippen LogP contribution < -0.4 is 10.1 Å². The zero-order chi connectivity index (χ0) is 18.4. The number of carbonyl (C=O) groups is 1. The maximum Gasteiger partial charge on any atom is 0.258 e. The highest BCUT2D eigenvalue weighted by atomic mass is 35.5. The summed E-state index contributed by atoms with van der Waals surface area (Å²) in [5.41, 5.74) is 1.75. The van der Waals surface area contributed by atoms with Crippen molar-refractivity contribution in [2.24, 2.45) is 0 Å². The molecule has 2 heterocycles. The highest BCUT2D eigenvalue weighted by Gasteiger charge is 2.08. The summed E-state index contributed by atoms with van der Waals surface area (Å²) < 4.78 is 5.64. The Morgan fingerprint density at radius 3 is 2.65 bits per heavy atom. The van der Waals surface area contributed by atoms with E-state index in [1.54, 1.807) is 36.5 Å². The minimum absolute atomic E-state index is 0.165. The molecule has 3 aromatic rings. The maximum atomic E-state index is 12.2. The monoisotopic (exact) mass is 369 g/mol. The van der Waals surface area contributed by atoms with Gasteiger partial charge >= 0.3 is 0 Å². The molecule has 7 heteroatoms. The smallest absolute Gasteiger partial charge is 0.258 e. The number of rotatable bonds is 6. The number of aliphatic hydroxyl groups excluding tert-OH is 1. The van der Waals surface area contributed by atoms with E-state index in [0.29, 0.717) is 34.5 Å². The molecule has 2 N–H and O–H groups in total. The van der Waals surface area contributed by atoms with Crippen molar-refractivity contribution < 1.29 is 14.6 Å². The second-order valence-electron chi connectivity index (χ2n) is 5.45. The number of nitrogens with one attached hydrogen (secondary N) is 1. The van der Waals surface area contributed by atoms with Gasteiger partial charge in [-0.25, -0.2) is 4.98 Å². The van der Waals surface area contributed by atoms with Gasteiger partial charge in [0.25, 0.3) is 5.91 Å². The molecule has 0 saturated carbocycles. The van der Waals surface area contributed by atoms with E-state index in [0.717, 1.165) is 5.56 Å². The van der Waals surface area contributed by atoms with Crippen molar-refractivity contribution in [1.82, 2.24) is 9.97 Å². The normalized spacial score (nSPS) is 10.4. The van der Waals surface area contributed by atoms with E-state index in [-0.39, 0.29) is 12.5 Å². The number of halogens is 1. The third-order valence-electron chi connectivity index (χ3n) is 3.52. The van der Waals surface area contributed by atoms with Crippen LogP contribution in [-0.2, 0) is 13.2 Å². The lowest BCUT2D eigenvalue weighted by Gasteiger charge is -2.08. The largest absolute Gasteiger partial charge is 0.489 e. The van der Waals surface area contributed by atoms with Crippen molar-refractivity contribution in [2.75, 3.05) is 5.32 Å². The molecule has 0 fully saturated rings. The molecule has 26 heavy (non-hydrogen) atoms. The quantitative estimate of drug-likeness (QED) is 0.695. The van der Waals surface area contributed by atoms with E-state index < -0.39 is 0 Å². The van der Waals surface area contributed by atoms with Crippen molar-refractivity contribution in [1.29, 1.82) is 0 Å². The number of hydrogen-bond acceptors (Lipinski definition) is 5. The summed E-state index contributed by atoms with van der Waals surface area (Å²) in [6.07, 6.45) is 3.04. The van der Waals surface area contributed by atoms with Gasteiger partial charge in [0.2, 0.25) is 0 Å². The fourth-order valence-corrected chi connectivity index (χ4v) is 2.33. The lowest BCUT2D eigenvalue weighted by atomic mass is 10.2. The Bertz CT molecular complexity index is 883. The minimum Gasteiger partial charge on any atom is -0.489 e. The Hall–Kier alpha value is -2.96. The molecule has 0 unspecified atom stereocenters. The second-order valence-corrected chi connectivity index (χ2v) is 5.88. The van der Waals surface area contributed by atoms with Gasteiger partial charge in [0, 0.05) is 23.0 Å². The van der Waals surface area contributed by atoms with Crippen LogP contribution in [0.25, 0.3) is 0 Å². The van der Waals surface area contributed by atoms with Crippen LogP contribution in [0.3, 0.4) is 0 Å². The maximum absolute atomic E-state index is 12.2. The van der Waals surface area contributed by atoms with Crippen molar-refractivity contribution in [3.63, 3.8) is 0 Å². The van der Waals surface area contributed by atoms with E-state index in [9.17, 15) is 4.79 Å². The molecular formula is C19H16ClN3O3. The first kappa shape index (κ1) is 17.8. The average Bonchev–Trinajstić information content (AvgIpc) is 2.67. The van der Waals surface area contributed by atoms with Crippen LogP contribution in [0, 0.1) is 0 Å². The molecule has 2 aromatic heterocycles. The van der Waals surface area contributed by atoms with E-state index in [1.807, 2.05) is 18.2 Å². The number of hydrogen-bond donors (Lipinski definition) is 2. The molecule has 0 bridgehead atoms. The average molecular weight is 370 g/mol. The number of amides is 1. The van der Waals surface area contributed by atoms with Gasteiger partial charge in [0.05, 0.1) is 17.9 Å². The van der Waals surface area contributed by atoms with Gasteiger partial charge in [-0.2, -0.15) is 0 Å². The zero-order valence-corrected chi connectivity index (χ0v) is 14.5. The van der Waals surface area contributed by atoms with Crippen LogP contribution in [0.4, 0.5) is 5.82 Å². The van der Waals surface area contributed by atoms with Crippen LogP contribution in [0.5, 0.6) is 5.75 Å². The molecule has 0 aliphatic carbocycles. The van der Waals surface area contributed by atoms with E-state index in [1.165, 1.54) is 6.20 Å². The van der Waals surface area contributed by atoms with Gasteiger partial charge in [-0.15, -0.1) is 0 Å². The number of carbonyl (C=O) groups excluding carboxylic acids is 1.